The number of ether oxygens (including phenoxy) is 1. The zero-order valence-corrected chi connectivity index (χ0v) is 15.8. The summed E-state index contributed by atoms with van der Waals surface area (Å²) in [5.74, 6) is 0.0236. The Bertz CT molecular complexity index is 520. The molecular formula is C18H30FNO2Si. The molecule has 1 aromatic carbocycles. The maximum Gasteiger partial charge on any atom is 0.185 e. The molecule has 1 fully saturated rings. The van der Waals surface area contributed by atoms with Crippen LogP contribution in [0.5, 0.6) is 5.75 Å². The van der Waals surface area contributed by atoms with E-state index in [4.69, 9.17) is 14.9 Å². The zero-order valence-electron chi connectivity index (χ0n) is 14.8. The van der Waals surface area contributed by atoms with Gasteiger partial charge < -0.3 is 14.9 Å². The molecule has 130 valence electrons. The molecule has 0 radical (unpaired) electrons. The van der Waals surface area contributed by atoms with Crippen LogP contribution in [0.4, 0.5) is 4.39 Å². The minimum absolute atomic E-state index is 0.131. The van der Waals surface area contributed by atoms with E-state index in [0.717, 1.165) is 37.7 Å². The summed E-state index contributed by atoms with van der Waals surface area (Å²) < 4.78 is 26.5. The van der Waals surface area contributed by atoms with Gasteiger partial charge in [-0.2, -0.15) is 0 Å². The molecule has 0 bridgehead atoms. The fourth-order valence-corrected chi connectivity index (χ4v) is 4.81. The third-order valence-corrected chi connectivity index (χ3v) is 5.46. The molecule has 0 aliphatic heterocycles. The molecule has 0 saturated heterocycles. The lowest BCUT2D eigenvalue weighted by Crippen LogP contribution is -2.45. The topological polar surface area (TPSA) is 44.5 Å². The van der Waals surface area contributed by atoms with Gasteiger partial charge in [0.25, 0.3) is 0 Å². The Labute approximate surface area is 140 Å². The highest BCUT2D eigenvalue weighted by Crippen LogP contribution is 2.35. The van der Waals surface area contributed by atoms with Crippen LogP contribution in [0.1, 0.15) is 44.6 Å². The van der Waals surface area contributed by atoms with Crippen LogP contribution in [0.2, 0.25) is 19.6 Å². The monoisotopic (exact) mass is 339 g/mol. The van der Waals surface area contributed by atoms with E-state index in [0.29, 0.717) is 12.3 Å². The zero-order chi connectivity index (χ0) is 17.1. The van der Waals surface area contributed by atoms with Crippen molar-refractivity contribution in [2.24, 2.45) is 5.73 Å². The van der Waals surface area contributed by atoms with E-state index in [1.807, 2.05) is 0 Å². The van der Waals surface area contributed by atoms with Gasteiger partial charge in [0.05, 0.1) is 11.7 Å². The quantitative estimate of drug-likeness (QED) is 0.741. The predicted octanol–water partition coefficient (Wildman–Crippen LogP) is 4.56. The van der Waals surface area contributed by atoms with Crippen molar-refractivity contribution in [2.75, 3.05) is 6.54 Å². The van der Waals surface area contributed by atoms with Crippen molar-refractivity contribution in [3.8, 4) is 5.75 Å². The first kappa shape index (κ1) is 18.4. The largest absolute Gasteiger partial charge is 0.487 e. The van der Waals surface area contributed by atoms with Gasteiger partial charge in [0, 0.05) is 6.54 Å². The molecule has 0 amide bonds. The van der Waals surface area contributed by atoms with Gasteiger partial charge in [-0.25, -0.2) is 4.39 Å². The molecule has 0 aromatic heterocycles. The number of hydrogen-bond acceptors (Lipinski definition) is 3. The van der Waals surface area contributed by atoms with E-state index in [-0.39, 0.29) is 11.9 Å². The highest BCUT2D eigenvalue weighted by molar-refractivity contribution is 6.69. The van der Waals surface area contributed by atoms with E-state index < -0.39 is 13.9 Å². The molecular weight excluding hydrogens is 309 g/mol. The van der Waals surface area contributed by atoms with E-state index in [1.165, 1.54) is 6.07 Å². The summed E-state index contributed by atoms with van der Waals surface area (Å²) in [5, 5.41) is 0. The first-order valence-corrected chi connectivity index (χ1v) is 12.1. The molecule has 1 unspecified atom stereocenters. The van der Waals surface area contributed by atoms with Gasteiger partial charge in [0.1, 0.15) is 0 Å². The number of rotatable bonds is 7. The summed E-state index contributed by atoms with van der Waals surface area (Å²) in [7, 11) is -1.80. The fraction of sp³-hybridized carbons (Fsp3) is 0.667. The van der Waals surface area contributed by atoms with Crippen molar-refractivity contribution in [2.45, 2.75) is 70.4 Å². The molecule has 3 nitrogen and oxygen atoms in total. The number of nitrogens with two attached hydrogens (primary N) is 1. The standard InChI is InChI=1S/C18H30FNO2Si/c1-5-18(13-20,22-23(2,3)4)14-10-11-16(19)17(12-14)21-15-8-6-7-9-15/h10-12,15H,5-9,13,20H2,1-4H3. The predicted molar refractivity (Wildman–Crippen MR) is 94.7 cm³/mol. The Hall–Kier alpha value is -0.913. The van der Waals surface area contributed by atoms with Crippen LogP contribution in [-0.4, -0.2) is 21.0 Å². The van der Waals surface area contributed by atoms with Gasteiger partial charge in [-0.05, 0) is 69.4 Å². The van der Waals surface area contributed by atoms with Crippen molar-refractivity contribution in [3.05, 3.63) is 29.6 Å². The summed E-state index contributed by atoms with van der Waals surface area (Å²) in [4.78, 5) is 0. The lowest BCUT2D eigenvalue weighted by atomic mass is 9.91. The lowest BCUT2D eigenvalue weighted by molar-refractivity contribution is 0.0618. The van der Waals surface area contributed by atoms with Crippen molar-refractivity contribution in [3.63, 3.8) is 0 Å². The molecule has 1 saturated carbocycles. The minimum atomic E-state index is -1.80. The number of halogens is 1. The molecule has 1 aliphatic carbocycles. The molecule has 0 heterocycles. The second-order valence-electron chi connectivity index (χ2n) is 7.44. The van der Waals surface area contributed by atoms with E-state index in [2.05, 4.69) is 26.6 Å². The number of benzene rings is 1. The highest BCUT2D eigenvalue weighted by Gasteiger charge is 2.36. The van der Waals surface area contributed by atoms with Gasteiger partial charge in [0.15, 0.2) is 19.9 Å². The Balaban J connectivity index is 2.32. The van der Waals surface area contributed by atoms with Gasteiger partial charge in [-0.1, -0.05) is 13.0 Å². The van der Waals surface area contributed by atoms with Crippen molar-refractivity contribution in [1.82, 2.24) is 0 Å². The first-order chi connectivity index (χ1) is 10.8. The van der Waals surface area contributed by atoms with Gasteiger partial charge >= 0.3 is 0 Å². The van der Waals surface area contributed by atoms with Crippen LogP contribution in [0, 0.1) is 5.82 Å². The van der Waals surface area contributed by atoms with E-state index in [9.17, 15) is 4.39 Å². The molecule has 1 aromatic rings. The van der Waals surface area contributed by atoms with Crippen LogP contribution in [-0.2, 0) is 10.0 Å². The SMILES string of the molecule is CCC(CN)(O[Si](C)(C)C)c1ccc(F)c(OC2CCCC2)c1. The van der Waals surface area contributed by atoms with Crippen LogP contribution in [0.3, 0.4) is 0 Å². The fourth-order valence-electron chi connectivity index (χ4n) is 3.29. The summed E-state index contributed by atoms with van der Waals surface area (Å²) in [5.41, 5.74) is 6.42. The van der Waals surface area contributed by atoms with E-state index in [1.54, 1.807) is 12.1 Å². The van der Waals surface area contributed by atoms with E-state index >= 15 is 0 Å². The summed E-state index contributed by atoms with van der Waals surface area (Å²) in [6.45, 7) is 8.88. The van der Waals surface area contributed by atoms with Crippen LogP contribution < -0.4 is 10.5 Å². The molecule has 1 aliphatic rings. The Kier molecular flexibility index (Phi) is 5.87. The average Bonchev–Trinajstić information content (AvgIpc) is 2.99. The Morgan fingerprint density at radius 3 is 2.43 bits per heavy atom. The summed E-state index contributed by atoms with van der Waals surface area (Å²) >= 11 is 0. The Morgan fingerprint density at radius 1 is 1.26 bits per heavy atom. The summed E-state index contributed by atoms with van der Waals surface area (Å²) in [6.07, 6.45) is 5.21. The van der Waals surface area contributed by atoms with Crippen molar-refractivity contribution in [1.29, 1.82) is 0 Å². The first-order valence-electron chi connectivity index (χ1n) is 8.66. The van der Waals surface area contributed by atoms with Crippen molar-refractivity contribution < 1.29 is 13.6 Å². The Morgan fingerprint density at radius 2 is 1.91 bits per heavy atom. The molecule has 2 rings (SSSR count). The molecule has 2 N–H and O–H groups in total. The van der Waals surface area contributed by atoms with Crippen molar-refractivity contribution >= 4 is 8.32 Å². The highest BCUT2D eigenvalue weighted by atomic mass is 28.4. The van der Waals surface area contributed by atoms with Gasteiger partial charge in [-0.3, -0.25) is 0 Å². The molecule has 1 atom stereocenters. The second-order valence-corrected chi connectivity index (χ2v) is 11.9. The lowest BCUT2D eigenvalue weighted by Gasteiger charge is -2.38. The molecule has 5 heteroatoms. The van der Waals surface area contributed by atoms with Crippen LogP contribution in [0.15, 0.2) is 18.2 Å². The minimum Gasteiger partial charge on any atom is -0.487 e. The third kappa shape index (κ3) is 4.55. The average molecular weight is 340 g/mol. The van der Waals surface area contributed by atoms with Gasteiger partial charge in [0.2, 0.25) is 0 Å². The van der Waals surface area contributed by atoms with Gasteiger partial charge in [-0.15, -0.1) is 0 Å². The maximum atomic E-state index is 14.2. The summed E-state index contributed by atoms with van der Waals surface area (Å²) in [6, 6.07) is 5.06. The molecule has 23 heavy (non-hydrogen) atoms. The van der Waals surface area contributed by atoms with Crippen LogP contribution in [0.25, 0.3) is 0 Å². The number of hydrogen-bond donors (Lipinski definition) is 1. The normalized spacial score (nSPS) is 18.9. The maximum absolute atomic E-state index is 14.2. The molecule has 0 spiro atoms. The third-order valence-electron chi connectivity index (χ3n) is 4.46. The van der Waals surface area contributed by atoms with Crippen LogP contribution >= 0.6 is 0 Å². The second kappa shape index (κ2) is 7.32. The smallest absolute Gasteiger partial charge is 0.185 e.